The highest BCUT2D eigenvalue weighted by Gasteiger charge is 2.26. The molecule has 0 saturated carbocycles. The van der Waals surface area contributed by atoms with E-state index in [9.17, 15) is 18.0 Å². The summed E-state index contributed by atoms with van der Waals surface area (Å²) in [6, 6.07) is 9.65. The molecule has 29 heavy (non-hydrogen) atoms. The van der Waals surface area contributed by atoms with Gasteiger partial charge in [-0.05, 0) is 36.8 Å². The first kappa shape index (κ1) is 19.0. The minimum absolute atomic E-state index is 0.0454. The average Bonchev–Trinajstić information content (AvgIpc) is 3.33. The van der Waals surface area contributed by atoms with Gasteiger partial charge in [0.25, 0.3) is 5.91 Å². The number of rotatable bonds is 4. The lowest BCUT2D eigenvalue weighted by Gasteiger charge is -2.19. The summed E-state index contributed by atoms with van der Waals surface area (Å²) in [6.07, 6.45) is 2.38. The van der Waals surface area contributed by atoms with Gasteiger partial charge in [-0.3, -0.25) is 9.48 Å². The fourth-order valence-electron chi connectivity index (χ4n) is 3.49. The number of amides is 1. The molecular formula is C21H19F3N4O. The Balaban J connectivity index is 1.42. The molecule has 4 rings (SSSR count). The van der Waals surface area contributed by atoms with Crippen LogP contribution in [0.4, 0.5) is 18.9 Å². The monoisotopic (exact) mass is 400 g/mol. The Morgan fingerprint density at radius 3 is 2.59 bits per heavy atom. The van der Waals surface area contributed by atoms with Crippen molar-refractivity contribution in [2.24, 2.45) is 7.05 Å². The Morgan fingerprint density at radius 1 is 1.07 bits per heavy atom. The molecule has 0 aliphatic carbocycles. The van der Waals surface area contributed by atoms with E-state index in [4.69, 9.17) is 0 Å². The number of aryl methyl sites for hydroxylation is 1. The fraction of sp³-hybridized carbons (Fsp3) is 0.238. The lowest BCUT2D eigenvalue weighted by atomic mass is 10.1. The minimum atomic E-state index is -0.912. The zero-order valence-electron chi connectivity index (χ0n) is 15.7. The van der Waals surface area contributed by atoms with Crippen molar-refractivity contribution >= 4 is 11.6 Å². The van der Waals surface area contributed by atoms with E-state index in [0.29, 0.717) is 36.5 Å². The third kappa shape index (κ3) is 3.96. The Morgan fingerprint density at radius 2 is 1.90 bits per heavy atom. The SMILES string of the molecule is Cn1ccc(-c2ccc(C(=O)NC3CCN(c4ccc(F)c(F)c4)C3)c(F)c2)n1. The van der Waals surface area contributed by atoms with Crippen LogP contribution in [-0.2, 0) is 7.05 Å². The highest BCUT2D eigenvalue weighted by molar-refractivity contribution is 5.95. The molecule has 8 heteroatoms. The lowest BCUT2D eigenvalue weighted by Crippen LogP contribution is -2.37. The summed E-state index contributed by atoms with van der Waals surface area (Å²) in [7, 11) is 1.77. The van der Waals surface area contributed by atoms with E-state index in [1.165, 1.54) is 18.2 Å². The van der Waals surface area contributed by atoms with Crippen LogP contribution in [0.15, 0.2) is 48.7 Å². The molecule has 1 N–H and O–H groups in total. The number of nitrogens with zero attached hydrogens (tertiary/aromatic N) is 3. The van der Waals surface area contributed by atoms with Crippen LogP contribution in [0.5, 0.6) is 0 Å². The van der Waals surface area contributed by atoms with Crippen LogP contribution in [0.3, 0.4) is 0 Å². The number of aromatic nitrogens is 2. The van der Waals surface area contributed by atoms with Crippen LogP contribution in [0.25, 0.3) is 11.3 Å². The smallest absolute Gasteiger partial charge is 0.254 e. The summed E-state index contributed by atoms with van der Waals surface area (Å²) < 4.78 is 42.7. The predicted molar refractivity (Wildman–Crippen MR) is 103 cm³/mol. The van der Waals surface area contributed by atoms with Crippen molar-refractivity contribution in [1.29, 1.82) is 0 Å². The van der Waals surface area contributed by atoms with Gasteiger partial charge in [0.15, 0.2) is 11.6 Å². The van der Waals surface area contributed by atoms with Crippen LogP contribution < -0.4 is 10.2 Å². The van der Waals surface area contributed by atoms with Crippen molar-refractivity contribution in [3.63, 3.8) is 0 Å². The predicted octanol–water partition coefficient (Wildman–Crippen LogP) is 3.51. The van der Waals surface area contributed by atoms with Crippen molar-refractivity contribution in [2.75, 3.05) is 18.0 Å². The third-order valence-corrected chi connectivity index (χ3v) is 5.01. The van der Waals surface area contributed by atoms with Crippen molar-refractivity contribution in [3.8, 4) is 11.3 Å². The second kappa shape index (κ2) is 7.62. The van der Waals surface area contributed by atoms with Gasteiger partial charge in [-0.25, -0.2) is 13.2 Å². The molecule has 1 amide bonds. The van der Waals surface area contributed by atoms with Crippen molar-refractivity contribution < 1.29 is 18.0 Å². The van der Waals surface area contributed by atoms with Crippen LogP contribution in [-0.4, -0.2) is 34.8 Å². The molecule has 1 fully saturated rings. The number of hydrogen-bond acceptors (Lipinski definition) is 3. The Kier molecular flexibility index (Phi) is 5.00. The van der Waals surface area contributed by atoms with Crippen LogP contribution in [0.2, 0.25) is 0 Å². The molecule has 150 valence electrons. The molecule has 0 bridgehead atoms. The number of carbonyl (C=O) groups excluding carboxylic acids is 1. The van der Waals surface area contributed by atoms with Gasteiger partial charge in [-0.1, -0.05) is 6.07 Å². The van der Waals surface area contributed by atoms with E-state index in [2.05, 4.69) is 10.4 Å². The van der Waals surface area contributed by atoms with Gasteiger partial charge in [0, 0.05) is 49.7 Å². The van der Waals surface area contributed by atoms with Gasteiger partial charge in [0.1, 0.15) is 5.82 Å². The summed E-state index contributed by atoms with van der Waals surface area (Å²) in [5.41, 5.74) is 1.71. The fourth-order valence-corrected chi connectivity index (χ4v) is 3.49. The number of benzene rings is 2. The average molecular weight is 400 g/mol. The highest BCUT2D eigenvalue weighted by atomic mass is 19.2. The maximum atomic E-state index is 14.5. The molecule has 5 nitrogen and oxygen atoms in total. The normalized spacial score (nSPS) is 16.3. The Bertz CT molecular complexity index is 1070. The second-order valence-electron chi connectivity index (χ2n) is 7.07. The molecule has 3 aromatic rings. The first-order valence-electron chi connectivity index (χ1n) is 9.21. The first-order chi connectivity index (χ1) is 13.9. The van der Waals surface area contributed by atoms with Gasteiger partial charge in [0.2, 0.25) is 0 Å². The quantitative estimate of drug-likeness (QED) is 0.729. The summed E-state index contributed by atoms with van der Waals surface area (Å²) in [5, 5.41) is 7.04. The number of halogens is 3. The molecule has 1 saturated heterocycles. The molecule has 1 aromatic heterocycles. The zero-order chi connectivity index (χ0) is 20.5. The summed E-state index contributed by atoms with van der Waals surface area (Å²) in [5.74, 6) is -2.94. The standard InChI is InChI=1S/C21H19F3N4O/c1-27-8-7-20(26-27)13-2-4-16(18(23)10-13)21(29)25-14-6-9-28(12-14)15-3-5-17(22)19(24)11-15/h2-5,7-8,10-11,14H,6,9,12H2,1H3,(H,25,29). The summed E-state index contributed by atoms with van der Waals surface area (Å²) in [4.78, 5) is 14.4. The third-order valence-electron chi connectivity index (χ3n) is 5.01. The molecule has 1 aliphatic rings. The lowest BCUT2D eigenvalue weighted by molar-refractivity contribution is 0.0936. The van der Waals surface area contributed by atoms with E-state index in [0.717, 1.165) is 12.1 Å². The van der Waals surface area contributed by atoms with Crippen molar-refractivity contribution in [1.82, 2.24) is 15.1 Å². The minimum Gasteiger partial charge on any atom is -0.369 e. The molecular weight excluding hydrogens is 381 g/mol. The molecule has 2 aromatic carbocycles. The van der Waals surface area contributed by atoms with Gasteiger partial charge in [-0.2, -0.15) is 5.10 Å². The highest BCUT2D eigenvalue weighted by Crippen LogP contribution is 2.24. The van der Waals surface area contributed by atoms with E-state index < -0.39 is 23.4 Å². The van der Waals surface area contributed by atoms with Crippen LogP contribution >= 0.6 is 0 Å². The number of nitrogens with one attached hydrogen (secondary N) is 1. The van der Waals surface area contributed by atoms with E-state index in [1.807, 2.05) is 4.90 Å². The molecule has 0 spiro atoms. The molecule has 1 aliphatic heterocycles. The Labute approximate surface area is 165 Å². The molecule has 1 atom stereocenters. The molecule has 0 radical (unpaired) electrons. The number of anilines is 1. The van der Waals surface area contributed by atoms with Crippen LogP contribution in [0.1, 0.15) is 16.8 Å². The topological polar surface area (TPSA) is 50.2 Å². The van der Waals surface area contributed by atoms with E-state index >= 15 is 0 Å². The molecule has 1 unspecified atom stereocenters. The number of hydrogen-bond donors (Lipinski definition) is 1. The maximum absolute atomic E-state index is 14.5. The van der Waals surface area contributed by atoms with Gasteiger partial charge in [-0.15, -0.1) is 0 Å². The van der Waals surface area contributed by atoms with Gasteiger partial charge < -0.3 is 10.2 Å². The van der Waals surface area contributed by atoms with Crippen molar-refractivity contribution in [2.45, 2.75) is 12.5 Å². The number of carbonyl (C=O) groups is 1. The van der Waals surface area contributed by atoms with E-state index in [-0.39, 0.29) is 11.6 Å². The van der Waals surface area contributed by atoms with Gasteiger partial charge in [0.05, 0.1) is 11.3 Å². The molecule has 2 heterocycles. The summed E-state index contributed by atoms with van der Waals surface area (Å²) >= 11 is 0. The van der Waals surface area contributed by atoms with Crippen LogP contribution in [0, 0.1) is 17.5 Å². The maximum Gasteiger partial charge on any atom is 0.254 e. The summed E-state index contributed by atoms with van der Waals surface area (Å²) in [6.45, 7) is 1.02. The Hall–Kier alpha value is -3.29. The zero-order valence-corrected chi connectivity index (χ0v) is 15.7. The van der Waals surface area contributed by atoms with E-state index in [1.54, 1.807) is 30.1 Å². The first-order valence-corrected chi connectivity index (χ1v) is 9.21. The second-order valence-corrected chi connectivity index (χ2v) is 7.07. The van der Waals surface area contributed by atoms with Crippen molar-refractivity contribution in [3.05, 3.63) is 71.7 Å². The van der Waals surface area contributed by atoms with Gasteiger partial charge >= 0.3 is 0 Å². The largest absolute Gasteiger partial charge is 0.369 e.